The van der Waals surface area contributed by atoms with E-state index in [1.807, 2.05) is 6.92 Å². The topological polar surface area (TPSA) is 57.6 Å². The SMILES string of the molecule is CC#CC(=O)N1C(C)SCC1C(=O)O. The van der Waals surface area contributed by atoms with Crippen molar-refractivity contribution in [1.82, 2.24) is 4.90 Å². The fourth-order valence-electron chi connectivity index (χ4n) is 1.31. The molecule has 0 aromatic carbocycles. The van der Waals surface area contributed by atoms with Gasteiger partial charge in [0, 0.05) is 5.75 Å². The lowest BCUT2D eigenvalue weighted by Crippen LogP contribution is -2.44. The highest BCUT2D eigenvalue weighted by Crippen LogP contribution is 2.28. The summed E-state index contributed by atoms with van der Waals surface area (Å²) >= 11 is 1.45. The summed E-state index contributed by atoms with van der Waals surface area (Å²) in [6.07, 6.45) is 0. The molecular weight excluding hydrogens is 202 g/mol. The van der Waals surface area contributed by atoms with Gasteiger partial charge in [-0.25, -0.2) is 4.79 Å². The van der Waals surface area contributed by atoms with Gasteiger partial charge < -0.3 is 10.0 Å². The minimum absolute atomic E-state index is 0.107. The summed E-state index contributed by atoms with van der Waals surface area (Å²) in [5.41, 5.74) is 0. The van der Waals surface area contributed by atoms with Crippen LogP contribution >= 0.6 is 11.8 Å². The van der Waals surface area contributed by atoms with Crippen LogP contribution in [0.15, 0.2) is 0 Å². The second-order valence-electron chi connectivity index (χ2n) is 2.87. The number of carbonyl (C=O) groups excluding carboxylic acids is 1. The molecule has 1 fully saturated rings. The van der Waals surface area contributed by atoms with Crippen LogP contribution in [-0.2, 0) is 9.59 Å². The predicted molar refractivity (Wildman–Crippen MR) is 53.6 cm³/mol. The van der Waals surface area contributed by atoms with Gasteiger partial charge in [-0.15, -0.1) is 11.8 Å². The molecule has 1 N–H and O–H groups in total. The van der Waals surface area contributed by atoms with Crippen LogP contribution in [0.1, 0.15) is 13.8 Å². The summed E-state index contributed by atoms with van der Waals surface area (Å²) in [5.74, 6) is 3.91. The van der Waals surface area contributed by atoms with E-state index in [9.17, 15) is 9.59 Å². The van der Waals surface area contributed by atoms with E-state index in [2.05, 4.69) is 11.8 Å². The van der Waals surface area contributed by atoms with Crippen LogP contribution in [0.5, 0.6) is 0 Å². The van der Waals surface area contributed by atoms with E-state index >= 15 is 0 Å². The zero-order valence-corrected chi connectivity index (χ0v) is 8.80. The van der Waals surface area contributed by atoms with Crippen molar-refractivity contribution >= 4 is 23.6 Å². The number of hydrogen-bond donors (Lipinski definition) is 1. The summed E-state index contributed by atoms with van der Waals surface area (Å²) < 4.78 is 0. The molecule has 2 unspecified atom stereocenters. The first kappa shape index (κ1) is 10.9. The van der Waals surface area contributed by atoms with Crippen LogP contribution in [0.4, 0.5) is 0 Å². The van der Waals surface area contributed by atoms with Crippen molar-refractivity contribution in [3.63, 3.8) is 0 Å². The number of carbonyl (C=O) groups is 2. The van der Waals surface area contributed by atoms with Gasteiger partial charge in [-0.2, -0.15) is 0 Å². The van der Waals surface area contributed by atoms with Gasteiger partial charge in [0.05, 0.1) is 5.37 Å². The number of carboxylic acids is 1. The van der Waals surface area contributed by atoms with Gasteiger partial charge in [0.25, 0.3) is 5.91 Å². The Balaban J connectivity index is 2.85. The standard InChI is InChI=1S/C9H11NO3S/c1-3-4-8(11)10-6(2)14-5-7(10)9(12)13/h6-7H,5H2,1-2H3,(H,12,13). The van der Waals surface area contributed by atoms with E-state index in [0.717, 1.165) is 0 Å². The average molecular weight is 213 g/mol. The first-order chi connectivity index (χ1) is 6.57. The van der Waals surface area contributed by atoms with E-state index in [1.165, 1.54) is 16.7 Å². The maximum Gasteiger partial charge on any atom is 0.327 e. The molecule has 2 atom stereocenters. The average Bonchev–Trinajstić information content (AvgIpc) is 2.47. The molecule has 1 rings (SSSR count). The lowest BCUT2D eigenvalue weighted by atomic mass is 10.3. The summed E-state index contributed by atoms with van der Waals surface area (Å²) in [5, 5.41) is 8.76. The number of rotatable bonds is 1. The van der Waals surface area contributed by atoms with Crippen molar-refractivity contribution in [2.75, 3.05) is 5.75 Å². The summed E-state index contributed by atoms with van der Waals surface area (Å²) in [4.78, 5) is 23.6. The maximum absolute atomic E-state index is 11.4. The van der Waals surface area contributed by atoms with Gasteiger partial charge in [0.15, 0.2) is 0 Å². The van der Waals surface area contributed by atoms with Crippen LogP contribution in [0, 0.1) is 11.8 Å². The van der Waals surface area contributed by atoms with E-state index in [1.54, 1.807) is 6.92 Å². The van der Waals surface area contributed by atoms with Crippen LogP contribution < -0.4 is 0 Å². The van der Waals surface area contributed by atoms with Gasteiger partial charge in [-0.05, 0) is 19.8 Å². The first-order valence-corrected chi connectivity index (χ1v) is 5.22. The molecule has 1 saturated heterocycles. The predicted octanol–water partition coefficient (Wildman–Crippen LogP) is 0.384. The van der Waals surface area contributed by atoms with Crippen molar-refractivity contribution in [2.45, 2.75) is 25.3 Å². The molecule has 0 saturated carbocycles. The van der Waals surface area contributed by atoms with E-state index in [-0.39, 0.29) is 5.37 Å². The quantitative estimate of drug-likeness (QED) is 0.640. The number of hydrogen-bond acceptors (Lipinski definition) is 3. The second-order valence-corrected chi connectivity index (χ2v) is 4.22. The Hall–Kier alpha value is -1.15. The molecule has 4 nitrogen and oxygen atoms in total. The highest BCUT2D eigenvalue weighted by molar-refractivity contribution is 8.00. The number of carboxylic acid groups (broad SMARTS) is 1. The Kier molecular flexibility index (Phi) is 3.42. The van der Waals surface area contributed by atoms with Crippen molar-refractivity contribution in [3.8, 4) is 11.8 Å². The smallest absolute Gasteiger partial charge is 0.327 e. The molecule has 0 aliphatic carbocycles. The summed E-state index contributed by atoms with van der Waals surface area (Å²) in [7, 11) is 0. The minimum atomic E-state index is -0.965. The molecule has 0 aromatic rings. The highest BCUT2D eigenvalue weighted by Gasteiger charge is 2.38. The maximum atomic E-state index is 11.4. The Morgan fingerprint density at radius 1 is 1.57 bits per heavy atom. The lowest BCUT2D eigenvalue weighted by molar-refractivity contribution is -0.146. The fraction of sp³-hybridized carbons (Fsp3) is 0.556. The molecule has 76 valence electrons. The molecule has 0 spiro atoms. The number of aliphatic carboxylic acids is 1. The first-order valence-electron chi connectivity index (χ1n) is 4.17. The molecule has 0 radical (unpaired) electrons. The lowest BCUT2D eigenvalue weighted by Gasteiger charge is -2.22. The van der Waals surface area contributed by atoms with Gasteiger partial charge in [0.2, 0.25) is 0 Å². The molecule has 0 aromatic heterocycles. The largest absolute Gasteiger partial charge is 0.480 e. The molecule has 14 heavy (non-hydrogen) atoms. The van der Waals surface area contributed by atoms with Crippen molar-refractivity contribution < 1.29 is 14.7 Å². The normalized spacial score (nSPS) is 25.4. The number of nitrogens with zero attached hydrogens (tertiary/aromatic N) is 1. The van der Waals surface area contributed by atoms with Crippen molar-refractivity contribution in [1.29, 1.82) is 0 Å². The van der Waals surface area contributed by atoms with Gasteiger partial charge >= 0.3 is 5.97 Å². The second kappa shape index (κ2) is 4.38. The van der Waals surface area contributed by atoms with Crippen LogP contribution in [-0.4, -0.2) is 39.1 Å². The molecule has 1 aliphatic rings. The van der Waals surface area contributed by atoms with E-state index < -0.39 is 17.9 Å². The van der Waals surface area contributed by atoms with Crippen molar-refractivity contribution in [2.24, 2.45) is 0 Å². The zero-order chi connectivity index (χ0) is 10.7. The minimum Gasteiger partial charge on any atom is -0.480 e. The Bertz CT molecular complexity index is 318. The Morgan fingerprint density at radius 3 is 2.71 bits per heavy atom. The highest BCUT2D eigenvalue weighted by atomic mass is 32.2. The number of thioether (sulfide) groups is 1. The molecule has 1 heterocycles. The molecule has 5 heteroatoms. The monoisotopic (exact) mass is 213 g/mol. The van der Waals surface area contributed by atoms with Crippen LogP contribution in [0.3, 0.4) is 0 Å². The number of amides is 1. The third-order valence-corrected chi connectivity index (χ3v) is 3.19. The Morgan fingerprint density at radius 2 is 2.21 bits per heavy atom. The third-order valence-electron chi connectivity index (χ3n) is 1.97. The Labute approximate surface area is 86.7 Å². The van der Waals surface area contributed by atoms with E-state index in [4.69, 9.17) is 5.11 Å². The van der Waals surface area contributed by atoms with Crippen molar-refractivity contribution in [3.05, 3.63) is 0 Å². The molecule has 1 aliphatic heterocycles. The zero-order valence-electron chi connectivity index (χ0n) is 7.98. The van der Waals surface area contributed by atoms with Gasteiger partial charge in [-0.3, -0.25) is 4.79 Å². The summed E-state index contributed by atoms with van der Waals surface area (Å²) in [6.45, 7) is 3.37. The molecule has 0 bridgehead atoms. The van der Waals surface area contributed by atoms with Crippen LogP contribution in [0.25, 0.3) is 0 Å². The third kappa shape index (κ3) is 2.02. The van der Waals surface area contributed by atoms with Gasteiger partial charge in [-0.1, -0.05) is 5.92 Å². The van der Waals surface area contributed by atoms with Crippen LogP contribution in [0.2, 0.25) is 0 Å². The summed E-state index contributed by atoms with van der Waals surface area (Å²) in [6, 6.07) is -0.733. The fourth-order valence-corrected chi connectivity index (χ4v) is 2.48. The molecule has 1 amide bonds. The van der Waals surface area contributed by atoms with E-state index in [0.29, 0.717) is 5.75 Å². The molecular formula is C9H11NO3S. The van der Waals surface area contributed by atoms with Gasteiger partial charge in [0.1, 0.15) is 6.04 Å².